The maximum absolute atomic E-state index is 12.1. The number of ether oxygens (including phenoxy) is 4. The first kappa shape index (κ1) is 16.9. The van der Waals surface area contributed by atoms with E-state index in [4.69, 9.17) is 30.5 Å². The number of pyridine rings is 1. The van der Waals surface area contributed by atoms with Crippen LogP contribution >= 0.6 is 22.9 Å². The van der Waals surface area contributed by atoms with E-state index in [9.17, 15) is 4.79 Å². The van der Waals surface area contributed by atoms with Crippen LogP contribution in [0.4, 0.5) is 0 Å². The molecule has 0 atom stereocenters. The average Bonchev–Trinajstić information content (AvgIpc) is 3.27. The molecule has 26 heavy (non-hydrogen) atoms. The van der Waals surface area contributed by atoms with Gasteiger partial charge in [0.15, 0.2) is 11.5 Å². The van der Waals surface area contributed by atoms with Crippen molar-refractivity contribution in [2.24, 2.45) is 0 Å². The SMILES string of the molecule is CCOC(=O)c1cnc(Cl)c2c(COc3ccc4c(c3)OCO4)csc12. The van der Waals surface area contributed by atoms with Gasteiger partial charge in [-0.2, -0.15) is 0 Å². The van der Waals surface area contributed by atoms with Gasteiger partial charge in [-0.3, -0.25) is 0 Å². The Morgan fingerprint density at radius 2 is 2.19 bits per heavy atom. The molecule has 0 spiro atoms. The maximum Gasteiger partial charge on any atom is 0.341 e. The second kappa shape index (κ2) is 7.01. The zero-order valence-corrected chi connectivity index (χ0v) is 15.4. The molecule has 0 saturated heterocycles. The van der Waals surface area contributed by atoms with E-state index in [1.165, 1.54) is 17.5 Å². The zero-order valence-electron chi connectivity index (χ0n) is 13.8. The van der Waals surface area contributed by atoms with E-state index in [-0.39, 0.29) is 13.4 Å². The standard InChI is InChI=1S/C18H14ClNO5S/c1-2-22-18(21)12-6-20-17(19)15-10(8-26-16(12)15)7-23-11-3-4-13-14(5-11)25-9-24-13/h3-6,8H,2,7,9H2,1H3. The summed E-state index contributed by atoms with van der Waals surface area (Å²) in [7, 11) is 0. The van der Waals surface area contributed by atoms with Crippen LogP contribution in [0.3, 0.4) is 0 Å². The van der Waals surface area contributed by atoms with Crippen molar-refractivity contribution in [1.82, 2.24) is 4.98 Å². The molecule has 8 heteroatoms. The van der Waals surface area contributed by atoms with Crippen LogP contribution in [-0.4, -0.2) is 24.4 Å². The lowest BCUT2D eigenvalue weighted by Crippen LogP contribution is -2.05. The largest absolute Gasteiger partial charge is 0.489 e. The molecule has 1 aromatic carbocycles. The summed E-state index contributed by atoms with van der Waals surface area (Å²) < 4.78 is 22.3. The molecule has 4 rings (SSSR count). The van der Waals surface area contributed by atoms with E-state index in [0.717, 1.165) is 10.3 Å². The molecular formula is C18H14ClNO5S. The summed E-state index contributed by atoms with van der Waals surface area (Å²) in [5, 5.41) is 2.95. The predicted octanol–water partition coefficient (Wildman–Crippen LogP) is 4.43. The van der Waals surface area contributed by atoms with Crippen molar-refractivity contribution in [2.75, 3.05) is 13.4 Å². The minimum atomic E-state index is -0.410. The van der Waals surface area contributed by atoms with Crippen molar-refractivity contribution in [1.29, 1.82) is 0 Å². The first-order chi connectivity index (χ1) is 12.7. The Balaban J connectivity index is 1.61. The van der Waals surface area contributed by atoms with Crippen LogP contribution < -0.4 is 14.2 Å². The summed E-state index contributed by atoms with van der Waals surface area (Å²) in [6, 6.07) is 5.39. The molecule has 0 bridgehead atoms. The van der Waals surface area contributed by atoms with Gasteiger partial charge in [0.05, 0.1) is 16.9 Å². The van der Waals surface area contributed by atoms with Crippen molar-refractivity contribution in [3.05, 3.63) is 46.1 Å². The van der Waals surface area contributed by atoms with Crippen molar-refractivity contribution < 1.29 is 23.7 Å². The van der Waals surface area contributed by atoms with Gasteiger partial charge in [0, 0.05) is 23.2 Å². The van der Waals surface area contributed by atoms with E-state index < -0.39 is 5.97 Å². The Kier molecular flexibility index (Phi) is 4.57. The number of hydrogen-bond donors (Lipinski definition) is 0. The fraction of sp³-hybridized carbons (Fsp3) is 0.222. The van der Waals surface area contributed by atoms with Crippen LogP contribution in [0.1, 0.15) is 22.8 Å². The highest BCUT2D eigenvalue weighted by Crippen LogP contribution is 2.37. The minimum Gasteiger partial charge on any atom is -0.489 e. The summed E-state index contributed by atoms with van der Waals surface area (Å²) in [5.41, 5.74) is 1.26. The molecule has 2 aromatic heterocycles. The molecule has 6 nitrogen and oxygen atoms in total. The highest BCUT2D eigenvalue weighted by Gasteiger charge is 2.19. The number of thiophene rings is 1. The van der Waals surface area contributed by atoms with Gasteiger partial charge in [-0.05, 0) is 24.4 Å². The number of esters is 1. The van der Waals surface area contributed by atoms with E-state index in [0.29, 0.717) is 40.0 Å². The highest BCUT2D eigenvalue weighted by molar-refractivity contribution is 7.17. The lowest BCUT2D eigenvalue weighted by atomic mass is 10.2. The van der Waals surface area contributed by atoms with E-state index in [1.54, 1.807) is 19.1 Å². The quantitative estimate of drug-likeness (QED) is 0.473. The number of halogens is 1. The molecular weight excluding hydrogens is 378 g/mol. The summed E-state index contributed by atoms with van der Waals surface area (Å²) in [4.78, 5) is 16.2. The topological polar surface area (TPSA) is 66.9 Å². The predicted molar refractivity (Wildman–Crippen MR) is 97.5 cm³/mol. The molecule has 0 fully saturated rings. The Hall–Kier alpha value is -2.51. The van der Waals surface area contributed by atoms with Crippen LogP contribution in [0.25, 0.3) is 10.1 Å². The van der Waals surface area contributed by atoms with E-state index in [1.807, 2.05) is 11.4 Å². The average molecular weight is 392 g/mol. The Morgan fingerprint density at radius 1 is 1.35 bits per heavy atom. The highest BCUT2D eigenvalue weighted by atomic mass is 35.5. The minimum absolute atomic E-state index is 0.214. The lowest BCUT2D eigenvalue weighted by molar-refractivity contribution is 0.0528. The van der Waals surface area contributed by atoms with Gasteiger partial charge in [0.2, 0.25) is 6.79 Å². The van der Waals surface area contributed by atoms with Gasteiger partial charge in [-0.15, -0.1) is 11.3 Å². The number of carbonyl (C=O) groups excluding carboxylic acids is 1. The lowest BCUT2D eigenvalue weighted by Gasteiger charge is -2.08. The summed E-state index contributed by atoms with van der Waals surface area (Å²) in [5.74, 6) is 1.60. The second-order valence-electron chi connectivity index (χ2n) is 5.45. The van der Waals surface area contributed by atoms with Gasteiger partial charge in [0.1, 0.15) is 17.5 Å². The summed E-state index contributed by atoms with van der Waals surface area (Å²) >= 11 is 7.68. The van der Waals surface area contributed by atoms with Crippen LogP contribution in [0, 0.1) is 0 Å². The molecule has 0 unspecified atom stereocenters. The smallest absolute Gasteiger partial charge is 0.341 e. The summed E-state index contributed by atoms with van der Waals surface area (Å²) in [6.07, 6.45) is 1.45. The van der Waals surface area contributed by atoms with Gasteiger partial charge in [-0.25, -0.2) is 9.78 Å². The van der Waals surface area contributed by atoms with Crippen molar-refractivity contribution >= 4 is 39.0 Å². The number of rotatable bonds is 5. The third-order valence-electron chi connectivity index (χ3n) is 3.86. The number of aromatic nitrogens is 1. The van der Waals surface area contributed by atoms with Crippen LogP contribution in [0.15, 0.2) is 29.8 Å². The number of benzene rings is 1. The molecule has 0 radical (unpaired) electrons. The Morgan fingerprint density at radius 3 is 3.04 bits per heavy atom. The molecule has 0 saturated carbocycles. The fourth-order valence-corrected chi connectivity index (χ4v) is 4.03. The first-order valence-electron chi connectivity index (χ1n) is 7.91. The van der Waals surface area contributed by atoms with Crippen LogP contribution in [0.5, 0.6) is 17.2 Å². The monoisotopic (exact) mass is 391 g/mol. The third kappa shape index (κ3) is 3.04. The van der Waals surface area contributed by atoms with Crippen molar-refractivity contribution in [3.63, 3.8) is 0 Å². The van der Waals surface area contributed by atoms with Gasteiger partial charge in [0.25, 0.3) is 0 Å². The number of hydrogen-bond acceptors (Lipinski definition) is 7. The molecule has 0 amide bonds. The second-order valence-corrected chi connectivity index (χ2v) is 6.69. The normalized spacial score (nSPS) is 12.4. The number of fused-ring (bicyclic) bond motifs is 2. The molecule has 1 aliphatic rings. The third-order valence-corrected chi connectivity index (χ3v) is 5.21. The molecule has 1 aliphatic heterocycles. The molecule has 134 valence electrons. The Bertz CT molecular complexity index is 987. The van der Waals surface area contributed by atoms with E-state index in [2.05, 4.69) is 4.98 Å². The van der Waals surface area contributed by atoms with Crippen LogP contribution in [-0.2, 0) is 11.3 Å². The maximum atomic E-state index is 12.1. The zero-order chi connectivity index (χ0) is 18.1. The number of nitrogens with zero attached hydrogens (tertiary/aromatic N) is 1. The van der Waals surface area contributed by atoms with Crippen LogP contribution in [0.2, 0.25) is 5.15 Å². The first-order valence-corrected chi connectivity index (χ1v) is 9.17. The Labute approximate surface area is 158 Å². The van der Waals surface area contributed by atoms with Gasteiger partial charge < -0.3 is 18.9 Å². The van der Waals surface area contributed by atoms with Gasteiger partial charge >= 0.3 is 5.97 Å². The van der Waals surface area contributed by atoms with Crippen molar-refractivity contribution in [3.8, 4) is 17.2 Å². The fourth-order valence-electron chi connectivity index (χ4n) is 2.65. The van der Waals surface area contributed by atoms with E-state index >= 15 is 0 Å². The van der Waals surface area contributed by atoms with Gasteiger partial charge in [-0.1, -0.05) is 11.6 Å². The summed E-state index contributed by atoms with van der Waals surface area (Å²) in [6.45, 7) is 2.56. The van der Waals surface area contributed by atoms with Crippen molar-refractivity contribution in [2.45, 2.75) is 13.5 Å². The number of carbonyl (C=O) groups is 1. The molecule has 0 N–H and O–H groups in total. The molecule has 3 heterocycles. The molecule has 0 aliphatic carbocycles. The molecule has 3 aromatic rings.